The van der Waals surface area contributed by atoms with Crippen LogP contribution in [0.5, 0.6) is 0 Å². The standard InChI is InChI=1S/C20H22FN7/c1-14(2)18-17(21)19(25-13-24-18)27-9-11-28(12-10-27)20-23-8-6-16(26-20)15-5-3-4-7-22-15/h3-8,13-14H,9-12H2,1-2H3. The van der Waals surface area contributed by atoms with Gasteiger partial charge in [0.25, 0.3) is 0 Å². The van der Waals surface area contributed by atoms with Crippen molar-refractivity contribution in [1.29, 1.82) is 0 Å². The predicted octanol–water partition coefficient (Wildman–Crippen LogP) is 2.92. The van der Waals surface area contributed by atoms with E-state index >= 15 is 0 Å². The van der Waals surface area contributed by atoms with E-state index in [1.807, 2.05) is 43.0 Å². The molecule has 3 aromatic heterocycles. The molecule has 4 rings (SSSR count). The molecule has 0 N–H and O–H groups in total. The molecule has 0 spiro atoms. The Bertz CT molecular complexity index is 940. The minimum Gasteiger partial charge on any atom is -0.351 e. The van der Waals surface area contributed by atoms with Crippen molar-refractivity contribution in [2.45, 2.75) is 19.8 Å². The highest BCUT2D eigenvalue weighted by Crippen LogP contribution is 2.25. The van der Waals surface area contributed by atoms with E-state index in [9.17, 15) is 4.39 Å². The van der Waals surface area contributed by atoms with E-state index in [4.69, 9.17) is 0 Å². The zero-order chi connectivity index (χ0) is 19.5. The van der Waals surface area contributed by atoms with Gasteiger partial charge in [-0.2, -0.15) is 0 Å². The van der Waals surface area contributed by atoms with Gasteiger partial charge in [0.05, 0.1) is 17.1 Å². The molecule has 0 radical (unpaired) electrons. The first-order chi connectivity index (χ1) is 13.6. The van der Waals surface area contributed by atoms with E-state index in [-0.39, 0.29) is 11.7 Å². The molecular formula is C20H22FN7. The monoisotopic (exact) mass is 379 g/mol. The normalized spacial score (nSPS) is 14.6. The summed E-state index contributed by atoms with van der Waals surface area (Å²) in [4.78, 5) is 25.7. The molecule has 0 aromatic carbocycles. The van der Waals surface area contributed by atoms with Crippen molar-refractivity contribution in [1.82, 2.24) is 24.9 Å². The second kappa shape index (κ2) is 7.84. The Kier molecular flexibility index (Phi) is 5.10. The average molecular weight is 379 g/mol. The van der Waals surface area contributed by atoms with Crippen LogP contribution in [0.15, 0.2) is 43.0 Å². The molecule has 0 unspecified atom stereocenters. The van der Waals surface area contributed by atoms with Crippen molar-refractivity contribution in [3.05, 3.63) is 54.5 Å². The van der Waals surface area contributed by atoms with Gasteiger partial charge in [-0.25, -0.2) is 24.3 Å². The summed E-state index contributed by atoms with van der Waals surface area (Å²) in [6.45, 7) is 6.52. The third-order valence-corrected chi connectivity index (χ3v) is 4.78. The van der Waals surface area contributed by atoms with Gasteiger partial charge in [0.2, 0.25) is 5.95 Å². The molecule has 0 aliphatic carbocycles. The number of rotatable bonds is 4. The van der Waals surface area contributed by atoms with Gasteiger partial charge in [-0.1, -0.05) is 19.9 Å². The van der Waals surface area contributed by atoms with Crippen LogP contribution < -0.4 is 9.80 Å². The Morgan fingerprint density at radius 2 is 1.64 bits per heavy atom. The van der Waals surface area contributed by atoms with Crippen molar-refractivity contribution in [2.75, 3.05) is 36.0 Å². The largest absolute Gasteiger partial charge is 0.351 e. The zero-order valence-electron chi connectivity index (χ0n) is 16.0. The lowest BCUT2D eigenvalue weighted by Gasteiger charge is -2.35. The lowest BCUT2D eigenvalue weighted by Crippen LogP contribution is -2.47. The third-order valence-electron chi connectivity index (χ3n) is 4.78. The van der Waals surface area contributed by atoms with Crippen molar-refractivity contribution in [3.8, 4) is 11.4 Å². The van der Waals surface area contributed by atoms with Crippen LogP contribution in [0, 0.1) is 5.82 Å². The highest BCUT2D eigenvalue weighted by Gasteiger charge is 2.24. The fourth-order valence-electron chi connectivity index (χ4n) is 3.27. The quantitative estimate of drug-likeness (QED) is 0.690. The summed E-state index contributed by atoms with van der Waals surface area (Å²) < 4.78 is 14.8. The number of aromatic nitrogens is 5. The van der Waals surface area contributed by atoms with Gasteiger partial charge in [-0.3, -0.25) is 4.98 Å². The molecule has 7 nitrogen and oxygen atoms in total. The number of hydrogen-bond donors (Lipinski definition) is 0. The van der Waals surface area contributed by atoms with Crippen LogP contribution in [-0.4, -0.2) is 51.1 Å². The number of hydrogen-bond acceptors (Lipinski definition) is 7. The lowest BCUT2D eigenvalue weighted by molar-refractivity contribution is 0.555. The first kappa shape index (κ1) is 18.2. The molecule has 144 valence electrons. The molecule has 1 fully saturated rings. The van der Waals surface area contributed by atoms with E-state index in [0.717, 1.165) is 11.4 Å². The Morgan fingerprint density at radius 3 is 2.36 bits per heavy atom. The Balaban J connectivity index is 1.49. The van der Waals surface area contributed by atoms with Crippen LogP contribution in [-0.2, 0) is 0 Å². The van der Waals surface area contributed by atoms with E-state index in [0.29, 0.717) is 43.6 Å². The third kappa shape index (κ3) is 3.62. The van der Waals surface area contributed by atoms with Crippen molar-refractivity contribution < 1.29 is 4.39 Å². The lowest BCUT2D eigenvalue weighted by atomic mass is 10.1. The van der Waals surface area contributed by atoms with E-state index in [2.05, 4.69) is 29.8 Å². The SMILES string of the molecule is CC(C)c1ncnc(N2CCN(c3nccc(-c4ccccn4)n3)CC2)c1F. The first-order valence-corrected chi connectivity index (χ1v) is 9.38. The molecule has 0 amide bonds. The van der Waals surface area contributed by atoms with Gasteiger partial charge in [0.15, 0.2) is 11.6 Å². The summed E-state index contributed by atoms with van der Waals surface area (Å²) in [7, 11) is 0. The fourth-order valence-corrected chi connectivity index (χ4v) is 3.27. The molecule has 1 aliphatic rings. The summed E-state index contributed by atoms with van der Waals surface area (Å²) in [5.41, 5.74) is 2.06. The molecule has 1 aliphatic heterocycles. The summed E-state index contributed by atoms with van der Waals surface area (Å²) in [5.74, 6) is 0.737. The van der Waals surface area contributed by atoms with Crippen molar-refractivity contribution in [2.24, 2.45) is 0 Å². The maximum absolute atomic E-state index is 14.8. The average Bonchev–Trinajstić information content (AvgIpc) is 2.75. The summed E-state index contributed by atoms with van der Waals surface area (Å²) in [5, 5.41) is 0. The summed E-state index contributed by atoms with van der Waals surface area (Å²) in [6.07, 6.45) is 4.94. The summed E-state index contributed by atoms with van der Waals surface area (Å²) in [6, 6.07) is 7.59. The molecule has 0 atom stereocenters. The molecule has 0 saturated carbocycles. The van der Waals surface area contributed by atoms with Gasteiger partial charge >= 0.3 is 0 Å². The van der Waals surface area contributed by atoms with Crippen LogP contribution in [0.1, 0.15) is 25.5 Å². The fraction of sp³-hybridized carbons (Fsp3) is 0.350. The smallest absolute Gasteiger partial charge is 0.226 e. The van der Waals surface area contributed by atoms with Gasteiger partial charge in [0, 0.05) is 38.6 Å². The van der Waals surface area contributed by atoms with Gasteiger partial charge in [-0.05, 0) is 24.1 Å². The van der Waals surface area contributed by atoms with Crippen LogP contribution in [0.2, 0.25) is 0 Å². The Morgan fingerprint density at radius 1 is 0.857 bits per heavy atom. The second-order valence-corrected chi connectivity index (χ2v) is 6.98. The van der Waals surface area contributed by atoms with Gasteiger partial charge in [0.1, 0.15) is 6.33 Å². The highest BCUT2D eigenvalue weighted by atomic mass is 19.1. The minimum atomic E-state index is -0.320. The molecular weight excluding hydrogens is 357 g/mol. The summed E-state index contributed by atoms with van der Waals surface area (Å²) >= 11 is 0. The number of halogens is 1. The topological polar surface area (TPSA) is 70.9 Å². The van der Waals surface area contributed by atoms with Crippen LogP contribution in [0.4, 0.5) is 16.2 Å². The molecule has 3 aromatic rings. The Hall–Kier alpha value is -3.16. The predicted molar refractivity (Wildman–Crippen MR) is 106 cm³/mol. The molecule has 8 heteroatoms. The highest BCUT2D eigenvalue weighted by molar-refractivity contribution is 5.55. The maximum Gasteiger partial charge on any atom is 0.226 e. The van der Waals surface area contributed by atoms with Crippen molar-refractivity contribution in [3.63, 3.8) is 0 Å². The minimum absolute atomic E-state index is 0.0192. The second-order valence-electron chi connectivity index (χ2n) is 6.98. The van der Waals surface area contributed by atoms with E-state index in [1.54, 1.807) is 12.4 Å². The maximum atomic E-state index is 14.8. The van der Waals surface area contributed by atoms with E-state index in [1.165, 1.54) is 6.33 Å². The number of pyridine rings is 1. The van der Waals surface area contributed by atoms with E-state index < -0.39 is 0 Å². The van der Waals surface area contributed by atoms with Gasteiger partial charge in [-0.15, -0.1) is 0 Å². The number of anilines is 2. The van der Waals surface area contributed by atoms with Crippen LogP contribution in [0.25, 0.3) is 11.4 Å². The molecule has 28 heavy (non-hydrogen) atoms. The first-order valence-electron chi connectivity index (χ1n) is 9.38. The number of nitrogens with zero attached hydrogens (tertiary/aromatic N) is 7. The Labute approximate surface area is 163 Å². The van der Waals surface area contributed by atoms with Gasteiger partial charge < -0.3 is 9.80 Å². The number of piperazine rings is 1. The zero-order valence-corrected chi connectivity index (χ0v) is 16.0. The van der Waals surface area contributed by atoms with Crippen LogP contribution >= 0.6 is 0 Å². The van der Waals surface area contributed by atoms with Crippen molar-refractivity contribution >= 4 is 11.8 Å². The molecule has 1 saturated heterocycles. The molecule has 0 bridgehead atoms. The van der Waals surface area contributed by atoms with Crippen LogP contribution in [0.3, 0.4) is 0 Å². The molecule has 4 heterocycles.